The van der Waals surface area contributed by atoms with E-state index in [0.717, 1.165) is 12.1 Å². The number of nitrogens with zero attached hydrogens (tertiary/aromatic N) is 2. The molecule has 180 valence electrons. The highest BCUT2D eigenvalue weighted by atomic mass is 19.4. The number of carbonyl (C=O) groups excluding carboxylic acids is 2. The molecule has 7 nitrogen and oxygen atoms in total. The number of pyridine rings is 1. The fraction of sp³-hybridized carbons (Fsp3) is 0.435. The van der Waals surface area contributed by atoms with Gasteiger partial charge in [-0.15, -0.1) is 0 Å². The monoisotopic (exact) mass is 465 g/mol. The van der Waals surface area contributed by atoms with Crippen molar-refractivity contribution in [1.29, 1.82) is 0 Å². The van der Waals surface area contributed by atoms with Gasteiger partial charge in [0.2, 0.25) is 11.8 Å². The lowest BCUT2D eigenvalue weighted by molar-refractivity contribution is -0.137. The van der Waals surface area contributed by atoms with Crippen LogP contribution in [0.4, 0.5) is 19.0 Å². The lowest BCUT2D eigenvalue weighted by Gasteiger charge is -2.26. The van der Waals surface area contributed by atoms with Gasteiger partial charge < -0.3 is 16.4 Å². The zero-order valence-corrected chi connectivity index (χ0v) is 18.9. The number of alkyl halides is 3. The second-order valence-corrected chi connectivity index (χ2v) is 7.63. The van der Waals surface area contributed by atoms with Gasteiger partial charge in [-0.1, -0.05) is 38.1 Å². The fourth-order valence-electron chi connectivity index (χ4n) is 3.43. The number of hydrogen-bond donors (Lipinski definition) is 3. The summed E-state index contributed by atoms with van der Waals surface area (Å²) >= 11 is 0. The molecule has 0 aliphatic heterocycles. The van der Waals surface area contributed by atoms with Crippen molar-refractivity contribution in [2.24, 2.45) is 0 Å². The van der Waals surface area contributed by atoms with Crippen molar-refractivity contribution in [3.8, 4) is 0 Å². The van der Waals surface area contributed by atoms with Crippen LogP contribution < -0.4 is 16.4 Å². The average molecular weight is 466 g/mol. The maximum absolute atomic E-state index is 13.2. The topological polar surface area (TPSA) is 100 Å². The maximum Gasteiger partial charge on any atom is 0.416 e. The Balaban J connectivity index is 2.21. The number of nitrogens with two attached hydrogens (primary N) is 1. The molecule has 0 radical (unpaired) electrons. The number of halogens is 3. The number of benzene rings is 1. The zero-order valence-electron chi connectivity index (χ0n) is 18.9. The Morgan fingerprint density at radius 1 is 1.09 bits per heavy atom. The molecular weight excluding hydrogens is 435 g/mol. The van der Waals surface area contributed by atoms with Crippen LogP contribution in [0.15, 0.2) is 42.6 Å². The molecule has 2 atom stereocenters. The third-order valence-electron chi connectivity index (χ3n) is 5.47. The second-order valence-electron chi connectivity index (χ2n) is 7.63. The maximum atomic E-state index is 13.2. The first-order chi connectivity index (χ1) is 15.6. The number of likely N-dealkylation sites (N-methyl/N-ethyl adjacent to an activating group) is 1. The van der Waals surface area contributed by atoms with E-state index < -0.39 is 29.6 Å². The highest BCUT2D eigenvalue weighted by molar-refractivity contribution is 5.86. The SMILES string of the molecule is CCN(CC)[C@@H](C)C(=O)NC[C@H](C(=O)NCc1ccc(N)nc1)c1cccc(C(F)(F)F)c1. The van der Waals surface area contributed by atoms with Gasteiger partial charge in [0, 0.05) is 19.3 Å². The summed E-state index contributed by atoms with van der Waals surface area (Å²) in [5.41, 5.74) is 5.54. The molecule has 0 bridgehead atoms. The van der Waals surface area contributed by atoms with E-state index in [1.807, 2.05) is 18.7 Å². The van der Waals surface area contributed by atoms with Crippen LogP contribution in [0.3, 0.4) is 0 Å². The number of rotatable bonds is 10. The van der Waals surface area contributed by atoms with E-state index in [9.17, 15) is 22.8 Å². The minimum atomic E-state index is -4.55. The molecule has 1 heterocycles. The van der Waals surface area contributed by atoms with Gasteiger partial charge in [0.05, 0.1) is 17.5 Å². The van der Waals surface area contributed by atoms with E-state index >= 15 is 0 Å². The Kier molecular flexibility index (Phi) is 9.22. The molecule has 10 heteroatoms. The lowest BCUT2D eigenvalue weighted by atomic mass is 9.95. The van der Waals surface area contributed by atoms with Crippen LogP contribution in [0.1, 0.15) is 43.4 Å². The van der Waals surface area contributed by atoms with E-state index in [4.69, 9.17) is 5.73 Å². The highest BCUT2D eigenvalue weighted by Crippen LogP contribution is 2.31. The third kappa shape index (κ3) is 7.45. The van der Waals surface area contributed by atoms with Crippen LogP contribution in [0.2, 0.25) is 0 Å². The summed E-state index contributed by atoms with van der Waals surface area (Å²) in [6, 6.07) is 7.42. The Morgan fingerprint density at radius 2 is 1.79 bits per heavy atom. The number of amides is 2. The van der Waals surface area contributed by atoms with Gasteiger partial charge in [0.15, 0.2) is 0 Å². The van der Waals surface area contributed by atoms with E-state index in [1.165, 1.54) is 18.3 Å². The quantitative estimate of drug-likeness (QED) is 0.501. The van der Waals surface area contributed by atoms with Crippen LogP contribution >= 0.6 is 0 Å². The average Bonchev–Trinajstić information content (AvgIpc) is 2.79. The molecule has 0 aliphatic carbocycles. The number of anilines is 1. The van der Waals surface area contributed by atoms with E-state index in [-0.39, 0.29) is 24.6 Å². The predicted molar refractivity (Wildman–Crippen MR) is 120 cm³/mol. The Bertz CT molecular complexity index is 930. The van der Waals surface area contributed by atoms with Crippen molar-refractivity contribution in [3.63, 3.8) is 0 Å². The van der Waals surface area contributed by atoms with Crippen molar-refractivity contribution in [1.82, 2.24) is 20.5 Å². The molecule has 0 spiro atoms. The number of hydrogen-bond acceptors (Lipinski definition) is 5. The minimum Gasteiger partial charge on any atom is -0.384 e. The smallest absolute Gasteiger partial charge is 0.384 e. The summed E-state index contributed by atoms with van der Waals surface area (Å²) in [5, 5.41) is 5.43. The molecule has 0 aliphatic rings. The summed E-state index contributed by atoms with van der Waals surface area (Å²) in [5.74, 6) is -1.49. The molecule has 2 amide bonds. The summed E-state index contributed by atoms with van der Waals surface area (Å²) in [4.78, 5) is 31.5. The van der Waals surface area contributed by atoms with Gasteiger partial charge in [-0.25, -0.2) is 4.98 Å². The van der Waals surface area contributed by atoms with Gasteiger partial charge in [-0.3, -0.25) is 14.5 Å². The first-order valence-electron chi connectivity index (χ1n) is 10.7. The van der Waals surface area contributed by atoms with E-state index in [1.54, 1.807) is 19.1 Å². The van der Waals surface area contributed by atoms with Crippen molar-refractivity contribution < 1.29 is 22.8 Å². The van der Waals surface area contributed by atoms with Gasteiger partial charge in [0.1, 0.15) is 5.82 Å². The molecule has 2 rings (SSSR count). The highest BCUT2D eigenvalue weighted by Gasteiger charge is 2.32. The van der Waals surface area contributed by atoms with Crippen LogP contribution in [0.5, 0.6) is 0 Å². The number of aromatic nitrogens is 1. The normalized spacial score (nSPS) is 13.4. The summed E-state index contributed by atoms with van der Waals surface area (Å²) in [7, 11) is 0. The van der Waals surface area contributed by atoms with Gasteiger partial charge in [0.25, 0.3) is 0 Å². The molecule has 33 heavy (non-hydrogen) atoms. The van der Waals surface area contributed by atoms with Crippen LogP contribution in [-0.4, -0.2) is 47.4 Å². The number of nitrogen functional groups attached to an aromatic ring is 1. The molecular formula is C23H30F3N5O2. The Labute approximate surface area is 191 Å². The fourth-order valence-corrected chi connectivity index (χ4v) is 3.43. The number of nitrogens with one attached hydrogen (secondary N) is 2. The van der Waals surface area contributed by atoms with Crippen molar-refractivity contribution in [3.05, 3.63) is 59.3 Å². The second kappa shape index (κ2) is 11.6. The van der Waals surface area contributed by atoms with Crippen molar-refractivity contribution in [2.45, 2.75) is 45.5 Å². The minimum absolute atomic E-state index is 0.116. The summed E-state index contributed by atoms with van der Waals surface area (Å²) < 4.78 is 39.7. The van der Waals surface area contributed by atoms with Gasteiger partial charge >= 0.3 is 6.18 Å². The molecule has 4 N–H and O–H groups in total. The molecule has 0 unspecified atom stereocenters. The largest absolute Gasteiger partial charge is 0.416 e. The van der Waals surface area contributed by atoms with Crippen molar-refractivity contribution in [2.75, 3.05) is 25.4 Å². The molecule has 1 aromatic carbocycles. The van der Waals surface area contributed by atoms with Crippen LogP contribution in [-0.2, 0) is 22.3 Å². The van der Waals surface area contributed by atoms with Gasteiger partial charge in [-0.2, -0.15) is 13.2 Å². The molecule has 0 fully saturated rings. The molecule has 2 aromatic rings. The van der Waals surface area contributed by atoms with E-state index in [2.05, 4.69) is 15.6 Å². The van der Waals surface area contributed by atoms with Crippen LogP contribution in [0.25, 0.3) is 0 Å². The molecule has 0 saturated carbocycles. The first kappa shape index (κ1) is 26.1. The number of carbonyl (C=O) groups is 2. The Morgan fingerprint density at radius 3 is 2.36 bits per heavy atom. The predicted octanol–water partition coefficient (Wildman–Crippen LogP) is 2.93. The van der Waals surface area contributed by atoms with E-state index in [0.29, 0.717) is 24.5 Å². The third-order valence-corrected chi connectivity index (χ3v) is 5.47. The lowest BCUT2D eigenvalue weighted by Crippen LogP contribution is -2.47. The summed E-state index contributed by atoms with van der Waals surface area (Å²) in [6.45, 7) is 6.91. The summed E-state index contributed by atoms with van der Waals surface area (Å²) in [6.07, 6.45) is -3.05. The van der Waals surface area contributed by atoms with Crippen LogP contribution in [0, 0.1) is 0 Å². The first-order valence-corrected chi connectivity index (χ1v) is 10.7. The Hall–Kier alpha value is -3.14. The zero-order chi connectivity index (χ0) is 24.6. The van der Waals surface area contributed by atoms with Gasteiger partial charge in [-0.05, 0) is 43.3 Å². The molecule has 1 aromatic heterocycles. The standard InChI is InChI=1S/C23H30F3N5O2/c1-4-31(5-2)15(3)21(32)30-14-19(17-7-6-8-18(11-17)23(24,25)26)22(33)29-13-16-9-10-20(27)28-12-16/h6-12,15,19H,4-5,13-14H2,1-3H3,(H2,27,28)(H,29,33)(H,30,32)/t15-,19-/m0/s1. The molecule has 0 saturated heterocycles. The van der Waals surface area contributed by atoms with Crippen molar-refractivity contribution >= 4 is 17.6 Å².